The zero-order chi connectivity index (χ0) is 12.8. The molecule has 0 atom stereocenters. The third-order valence-corrected chi connectivity index (χ3v) is 3.32. The highest BCUT2D eigenvalue weighted by molar-refractivity contribution is 7.13. The number of hydrogen-bond donors (Lipinski definition) is 2. The number of anilines is 1. The molecule has 0 saturated carbocycles. The van der Waals surface area contributed by atoms with E-state index in [1.54, 1.807) is 23.7 Å². The Bertz CT molecular complexity index is 487. The second-order valence-electron chi connectivity index (χ2n) is 3.89. The lowest BCUT2D eigenvalue weighted by Gasteiger charge is -2.06. The second-order valence-corrected chi connectivity index (χ2v) is 4.78. The van der Waals surface area contributed by atoms with Gasteiger partial charge in [-0.3, -0.25) is 0 Å². The van der Waals surface area contributed by atoms with Gasteiger partial charge in [0.05, 0.1) is 11.3 Å². The van der Waals surface area contributed by atoms with Crippen LogP contribution >= 0.6 is 11.3 Å². The first-order valence-electron chi connectivity index (χ1n) is 5.89. The first kappa shape index (κ1) is 12.9. The molecule has 0 saturated heterocycles. The molecule has 0 radical (unpaired) electrons. The topological polar surface area (TPSA) is 70.9 Å². The monoisotopic (exact) mass is 264 g/mol. The molecule has 2 heterocycles. The van der Waals surface area contributed by atoms with Crippen LogP contribution in [0.3, 0.4) is 0 Å². The lowest BCUT2D eigenvalue weighted by atomic mass is 10.2. The molecule has 2 aromatic rings. The number of aromatic nitrogens is 3. The third-order valence-electron chi connectivity index (χ3n) is 2.51. The Morgan fingerprint density at radius 3 is 2.89 bits per heavy atom. The van der Waals surface area contributed by atoms with Crippen molar-refractivity contribution in [1.29, 1.82) is 0 Å². The average molecular weight is 264 g/mol. The van der Waals surface area contributed by atoms with Crippen molar-refractivity contribution in [3.05, 3.63) is 23.5 Å². The predicted molar refractivity (Wildman–Crippen MR) is 72.7 cm³/mol. The van der Waals surface area contributed by atoms with E-state index in [0.717, 1.165) is 35.7 Å². The summed E-state index contributed by atoms with van der Waals surface area (Å²) in [5.41, 5.74) is 1.90. The van der Waals surface area contributed by atoms with E-state index in [1.807, 2.05) is 12.3 Å². The largest absolute Gasteiger partial charge is 0.396 e. The van der Waals surface area contributed by atoms with Gasteiger partial charge in [-0.15, -0.1) is 11.3 Å². The van der Waals surface area contributed by atoms with Crippen LogP contribution < -0.4 is 5.32 Å². The minimum absolute atomic E-state index is 0.227. The Morgan fingerprint density at radius 1 is 1.33 bits per heavy atom. The summed E-state index contributed by atoms with van der Waals surface area (Å²) in [7, 11) is 0. The van der Waals surface area contributed by atoms with Gasteiger partial charge in [-0.05, 0) is 19.8 Å². The molecule has 2 aromatic heterocycles. The summed E-state index contributed by atoms with van der Waals surface area (Å²) in [6, 6.07) is 0. The fourth-order valence-electron chi connectivity index (χ4n) is 1.56. The van der Waals surface area contributed by atoms with E-state index in [9.17, 15) is 0 Å². The second kappa shape index (κ2) is 6.42. The van der Waals surface area contributed by atoms with Crippen molar-refractivity contribution in [2.45, 2.75) is 19.8 Å². The molecule has 2 N–H and O–H groups in total. The number of aliphatic hydroxyl groups excluding tert-OH is 1. The fourth-order valence-corrected chi connectivity index (χ4v) is 2.26. The number of hydrogen-bond acceptors (Lipinski definition) is 6. The molecule has 0 aliphatic carbocycles. The summed E-state index contributed by atoms with van der Waals surface area (Å²) in [4.78, 5) is 12.9. The van der Waals surface area contributed by atoms with Crippen LogP contribution in [0.4, 0.5) is 5.95 Å². The van der Waals surface area contributed by atoms with E-state index in [-0.39, 0.29) is 6.61 Å². The highest BCUT2D eigenvalue weighted by Gasteiger charge is 2.07. The molecule has 0 spiro atoms. The predicted octanol–water partition coefficient (Wildman–Crippen LogP) is 2.09. The molecule has 18 heavy (non-hydrogen) atoms. The number of unbranched alkanes of at least 4 members (excludes halogenated alkanes) is 1. The summed E-state index contributed by atoms with van der Waals surface area (Å²) in [6.07, 6.45) is 5.28. The van der Waals surface area contributed by atoms with Gasteiger partial charge in [-0.25, -0.2) is 15.0 Å². The Kier molecular flexibility index (Phi) is 4.60. The minimum atomic E-state index is 0.227. The van der Waals surface area contributed by atoms with E-state index < -0.39 is 0 Å². The number of aliphatic hydroxyl groups is 1. The Morgan fingerprint density at radius 2 is 2.22 bits per heavy atom. The van der Waals surface area contributed by atoms with Crippen molar-refractivity contribution < 1.29 is 5.11 Å². The van der Waals surface area contributed by atoms with Gasteiger partial charge in [0.1, 0.15) is 5.01 Å². The number of nitrogens with one attached hydrogen (secondary N) is 1. The van der Waals surface area contributed by atoms with E-state index in [0.29, 0.717) is 5.95 Å². The van der Waals surface area contributed by atoms with E-state index in [4.69, 9.17) is 5.11 Å². The van der Waals surface area contributed by atoms with Crippen LogP contribution in [0.2, 0.25) is 0 Å². The van der Waals surface area contributed by atoms with Gasteiger partial charge < -0.3 is 10.4 Å². The molecular formula is C12H16N4OS. The normalized spacial score (nSPS) is 10.6. The van der Waals surface area contributed by atoms with Crippen LogP contribution in [0.25, 0.3) is 10.6 Å². The van der Waals surface area contributed by atoms with Crippen LogP contribution in [0, 0.1) is 6.92 Å². The first-order valence-corrected chi connectivity index (χ1v) is 6.77. The van der Waals surface area contributed by atoms with Crippen LogP contribution in [0.5, 0.6) is 0 Å². The summed E-state index contributed by atoms with van der Waals surface area (Å²) in [5, 5.41) is 14.7. The lowest BCUT2D eigenvalue weighted by molar-refractivity contribution is 0.286. The Labute approximate surface area is 110 Å². The summed E-state index contributed by atoms with van der Waals surface area (Å²) >= 11 is 1.58. The molecule has 2 rings (SSSR count). The average Bonchev–Trinajstić information content (AvgIpc) is 2.88. The van der Waals surface area contributed by atoms with Crippen molar-refractivity contribution in [1.82, 2.24) is 15.0 Å². The Hall–Kier alpha value is -1.53. The molecule has 5 nitrogen and oxygen atoms in total. The first-order chi connectivity index (χ1) is 8.81. The quantitative estimate of drug-likeness (QED) is 0.782. The molecule has 6 heteroatoms. The van der Waals surface area contributed by atoms with Gasteiger partial charge in [0, 0.05) is 30.9 Å². The fraction of sp³-hybridized carbons (Fsp3) is 0.417. The van der Waals surface area contributed by atoms with Crippen LogP contribution in [0.15, 0.2) is 17.8 Å². The summed E-state index contributed by atoms with van der Waals surface area (Å²) in [6.45, 7) is 2.96. The number of aryl methyl sites for hydroxylation is 1. The smallest absolute Gasteiger partial charge is 0.222 e. The third kappa shape index (κ3) is 3.24. The van der Waals surface area contributed by atoms with Crippen molar-refractivity contribution in [2.75, 3.05) is 18.5 Å². The maximum Gasteiger partial charge on any atom is 0.222 e. The standard InChI is InChI=1S/C12H16N4OS/c1-9-10(11-13-5-7-18-11)8-15-12(16-9)14-4-2-3-6-17/h5,7-8,17H,2-4,6H2,1H3,(H,14,15,16). The summed E-state index contributed by atoms with van der Waals surface area (Å²) in [5.74, 6) is 0.630. The SMILES string of the molecule is Cc1nc(NCCCCO)ncc1-c1nccs1. The molecule has 0 aliphatic heterocycles. The molecule has 96 valence electrons. The van der Waals surface area contributed by atoms with Crippen LogP contribution in [-0.4, -0.2) is 33.2 Å². The van der Waals surface area contributed by atoms with Gasteiger partial charge in [-0.1, -0.05) is 0 Å². The zero-order valence-electron chi connectivity index (χ0n) is 10.3. The molecule has 0 aromatic carbocycles. The zero-order valence-corrected chi connectivity index (χ0v) is 11.1. The van der Waals surface area contributed by atoms with Crippen LogP contribution in [0.1, 0.15) is 18.5 Å². The number of rotatable bonds is 6. The van der Waals surface area contributed by atoms with E-state index in [2.05, 4.69) is 20.3 Å². The maximum atomic E-state index is 8.68. The minimum Gasteiger partial charge on any atom is -0.396 e. The van der Waals surface area contributed by atoms with E-state index >= 15 is 0 Å². The molecule has 0 unspecified atom stereocenters. The van der Waals surface area contributed by atoms with Crippen molar-refractivity contribution in [3.8, 4) is 10.6 Å². The molecule has 0 bridgehead atoms. The highest BCUT2D eigenvalue weighted by atomic mass is 32.1. The van der Waals surface area contributed by atoms with Crippen molar-refractivity contribution in [3.63, 3.8) is 0 Å². The summed E-state index contributed by atoms with van der Waals surface area (Å²) < 4.78 is 0. The molecule has 0 aliphatic rings. The van der Waals surface area contributed by atoms with Gasteiger partial charge in [-0.2, -0.15) is 0 Å². The van der Waals surface area contributed by atoms with Gasteiger partial charge in [0.15, 0.2) is 0 Å². The lowest BCUT2D eigenvalue weighted by Crippen LogP contribution is -2.07. The molecule has 0 amide bonds. The molecular weight excluding hydrogens is 248 g/mol. The van der Waals surface area contributed by atoms with Gasteiger partial charge >= 0.3 is 0 Å². The van der Waals surface area contributed by atoms with Gasteiger partial charge in [0.25, 0.3) is 0 Å². The number of nitrogens with zero attached hydrogens (tertiary/aromatic N) is 3. The van der Waals surface area contributed by atoms with Gasteiger partial charge in [0.2, 0.25) is 5.95 Å². The van der Waals surface area contributed by atoms with Crippen molar-refractivity contribution >= 4 is 17.3 Å². The number of thiazole rings is 1. The van der Waals surface area contributed by atoms with E-state index in [1.165, 1.54) is 0 Å². The van der Waals surface area contributed by atoms with Crippen LogP contribution in [-0.2, 0) is 0 Å². The molecule has 0 fully saturated rings. The maximum absolute atomic E-state index is 8.68. The van der Waals surface area contributed by atoms with Crippen molar-refractivity contribution in [2.24, 2.45) is 0 Å². The Balaban J connectivity index is 2.01. The highest BCUT2D eigenvalue weighted by Crippen LogP contribution is 2.23.